The predicted octanol–water partition coefficient (Wildman–Crippen LogP) is 2.40. The van der Waals surface area contributed by atoms with Gasteiger partial charge in [-0.15, -0.1) is 13.2 Å². The SMILES string of the molecule is CCOC(=O)Cc1cc(C(F)(F)F)c(OC(F)(F)F)[nH]c1=O. The van der Waals surface area contributed by atoms with Gasteiger partial charge in [-0.3, -0.25) is 14.6 Å². The third-order valence-corrected chi connectivity index (χ3v) is 2.25. The number of aromatic nitrogens is 1. The second kappa shape index (κ2) is 6.28. The van der Waals surface area contributed by atoms with Crippen LogP contribution >= 0.6 is 0 Å². The van der Waals surface area contributed by atoms with Gasteiger partial charge in [0, 0.05) is 5.56 Å². The van der Waals surface area contributed by atoms with Crippen LogP contribution in [0.2, 0.25) is 0 Å². The minimum atomic E-state index is -5.43. The zero-order chi connectivity index (χ0) is 17.1. The standard InChI is InChI=1S/C11H9F6NO4/c1-2-21-7(19)4-5-3-6(10(12,13)14)9(18-8(5)20)22-11(15,16)17/h3H,2,4H2,1H3,(H,18,20). The Balaban J connectivity index is 3.30. The molecule has 0 aromatic carbocycles. The molecule has 0 atom stereocenters. The quantitative estimate of drug-likeness (QED) is 0.679. The van der Waals surface area contributed by atoms with E-state index in [1.54, 1.807) is 0 Å². The Hall–Kier alpha value is -2.20. The molecule has 1 rings (SSSR count). The topological polar surface area (TPSA) is 68.4 Å². The Morgan fingerprint density at radius 2 is 1.82 bits per heavy atom. The number of carbonyl (C=O) groups excluding carboxylic acids is 1. The molecule has 1 heterocycles. The van der Waals surface area contributed by atoms with E-state index in [9.17, 15) is 35.9 Å². The Labute approximate surface area is 118 Å². The number of aromatic amines is 1. The summed E-state index contributed by atoms with van der Waals surface area (Å²) in [7, 11) is 0. The van der Waals surface area contributed by atoms with Crippen LogP contribution in [0.25, 0.3) is 0 Å². The van der Waals surface area contributed by atoms with Crippen LogP contribution in [-0.2, 0) is 22.1 Å². The molecule has 11 heteroatoms. The van der Waals surface area contributed by atoms with Crippen molar-refractivity contribution in [3.63, 3.8) is 0 Å². The molecule has 1 aromatic rings. The molecule has 1 N–H and O–H groups in total. The van der Waals surface area contributed by atoms with Crippen LogP contribution in [0.1, 0.15) is 18.1 Å². The van der Waals surface area contributed by atoms with Crippen LogP contribution in [-0.4, -0.2) is 23.9 Å². The summed E-state index contributed by atoms with van der Waals surface area (Å²) < 4.78 is 82.0. The Morgan fingerprint density at radius 1 is 1.23 bits per heavy atom. The minimum Gasteiger partial charge on any atom is -0.466 e. The second-order valence-electron chi connectivity index (χ2n) is 3.89. The molecule has 0 amide bonds. The maximum Gasteiger partial charge on any atom is 0.574 e. The van der Waals surface area contributed by atoms with Crippen molar-refractivity contribution in [1.29, 1.82) is 0 Å². The van der Waals surface area contributed by atoms with Gasteiger partial charge in [0.15, 0.2) is 0 Å². The fourth-order valence-electron chi connectivity index (χ4n) is 1.46. The fraction of sp³-hybridized carbons (Fsp3) is 0.455. The molecule has 5 nitrogen and oxygen atoms in total. The van der Waals surface area contributed by atoms with E-state index in [0.717, 1.165) is 0 Å². The summed E-state index contributed by atoms with van der Waals surface area (Å²) in [4.78, 5) is 24.0. The monoisotopic (exact) mass is 333 g/mol. The molecule has 1 aromatic heterocycles. The lowest BCUT2D eigenvalue weighted by Gasteiger charge is -2.15. The first-order valence-corrected chi connectivity index (χ1v) is 5.68. The first-order valence-electron chi connectivity index (χ1n) is 5.68. The van der Waals surface area contributed by atoms with Gasteiger partial charge in [0.05, 0.1) is 13.0 Å². The average Bonchev–Trinajstić information content (AvgIpc) is 2.29. The summed E-state index contributed by atoms with van der Waals surface area (Å²) in [6.07, 6.45) is -11.5. The Bertz CT molecular complexity index is 604. The van der Waals surface area contributed by atoms with Crippen molar-refractivity contribution >= 4 is 5.97 Å². The lowest BCUT2D eigenvalue weighted by molar-refractivity contribution is -0.278. The highest BCUT2D eigenvalue weighted by atomic mass is 19.4. The van der Waals surface area contributed by atoms with Gasteiger partial charge in [-0.25, -0.2) is 0 Å². The molecule has 0 spiro atoms. The van der Waals surface area contributed by atoms with E-state index in [4.69, 9.17) is 0 Å². The fourth-order valence-corrected chi connectivity index (χ4v) is 1.46. The van der Waals surface area contributed by atoms with Gasteiger partial charge in [-0.1, -0.05) is 0 Å². The molecule has 0 aliphatic carbocycles. The zero-order valence-corrected chi connectivity index (χ0v) is 10.9. The van der Waals surface area contributed by atoms with E-state index < -0.39 is 47.5 Å². The van der Waals surface area contributed by atoms with Gasteiger partial charge >= 0.3 is 18.5 Å². The maximum atomic E-state index is 12.7. The third-order valence-electron chi connectivity index (χ3n) is 2.25. The van der Waals surface area contributed by atoms with E-state index in [2.05, 4.69) is 9.47 Å². The van der Waals surface area contributed by atoms with Crippen LogP contribution in [0.3, 0.4) is 0 Å². The first-order chi connectivity index (χ1) is 9.94. The van der Waals surface area contributed by atoms with Crippen LogP contribution in [0.5, 0.6) is 5.88 Å². The molecule has 0 aliphatic rings. The summed E-state index contributed by atoms with van der Waals surface area (Å²) >= 11 is 0. The molecule has 0 saturated carbocycles. The van der Waals surface area contributed by atoms with Crippen LogP contribution in [0.15, 0.2) is 10.9 Å². The van der Waals surface area contributed by atoms with E-state index in [1.807, 2.05) is 0 Å². The lowest BCUT2D eigenvalue weighted by Crippen LogP contribution is -2.26. The molecule has 22 heavy (non-hydrogen) atoms. The third kappa shape index (κ3) is 4.97. The highest BCUT2D eigenvalue weighted by Gasteiger charge is 2.40. The number of ether oxygens (including phenoxy) is 2. The Morgan fingerprint density at radius 3 is 2.27 bits per heavy atom. The van der Waals surface area contributed by atoms with Crippen LogP contribution < -0.4 is 10.3 Å². The summed E-state index contributed by atoms with van der Waals surface area (Å²) in [5.41, 5.74) is -3.87. The van der Waals surface area contributed by atoms with Crippen molar-refractivity contribution in [3.05, 3.63) is 27.5 Å². The molecule has 0 unspecified atom stereocenters. The van der Waals surface area contributed by atoms with Gasteiger partial charge in [-0.2, -0.15) is 13.2 Å². The number of carbonyl (C=O) groups is 1. The molecule has 124 valence electrons. The molecule has 0 saturated heterocycles. The zero-order valence-electron chi connectivity index (χ0n) is 10.9. The number of H-pyrrole nitrogens is 1. The number of rotatable bonds is 4. The molecular formula is C11H9F6NO4. The van der Waals surface area contributed by atoms with Crippen LogP contribution in [0.4, 0.5) is 26.3 Å². The Kier molecular flexibility index (Phi) is 5.09. The molecular weight excluding hydrogens is 324 g/mol. The van der Waals surface area contributed by atoms with E-state index >= 15 is 0 Å². The number of alkyl halides is 6. The number of esters is 1. The normalized spacial score (nSPS) is 12.1. The van der Waals surface area contributed by atoms with Gasteiger partial charge in [0.1, 0.15) is 5.56 Å². The summed E-state index contributed by atoms with van der Waals surface area (Å²) in [6, 6.07) is 0.122. The van der Waals surface area contributed by atoms with Gasteiger partial charge in [0.25, 0.3) is 5.56 Å². The van der Waals surface area contributed by atoms with E-state index in [-0.39, 0.29) is 12.7 Å². The van der Waals surface area contributed by atoms with E-state index in [0.29, 0.717) is 0 Å². The largest absolute Gasteiger partial charge is 0.574 e. The summed E-state index contributed by atoms with van der Waals surface area (Å²) in [6.45, 7) is 1.36. The average molecular weight is 333 g/mol. The van der Waals surface area contributed by atoms with E-state index in [1.165, 1.54) is 11.9 Å². The highest BCUT2D eigenvalue weighted by molar-refractivity contribution is 5.72. The summed E-state index contributed by atoms with van der Waals surface area (Å²) in [5.74, 6) is -2.79. The molecule has 0 bridgehead atoms. The summed E-state index contributed by atoms with van der Waals surface area (Å²) in [5, 5.41) is 0. The first kappa shape index (κ1) is 17.9. The molecule has 0 fully saturated rings. The number of hydrogen-bond donors (Lipinski definition) is 1. The maximum absolute atomic E-state index is 12.7. The van der Waals surface area contributed by atoms with Gasteiger partial charge in [0.2, 0.25) is 5.88 Å². The van der Waals surface area contributed by atoms with Crippen molar-refractivity contribution in [2.24, 2.45) is 0 Å². The second-order valence-corrected chi connectivity index (χ2v) is 3.89. The molecule has 0 aliphatic heterocycles. The number of halogens is 6. The molecule has 0 radical (unpaired) electrons. The lowest BCUT2D eigenvalue weighted by atomic mass is 10.1. The number of nitrogens with one attached hydrogen (secondary N) is 1. The van der Waals surface area contributed by atoms with Crippen molar-refractivity contribution in [2.45, 2.75) is 25.9 Å². The van der Waals surface area contributed by atoms with Crippen molar-refractivity contribution in [3.8, 4) is 5.88 Å². The number of hydrogen-bond acceptors (Lipinski definition) is 4. The number of pyridine rings is 1. The highest BCUT2D eigenvalue weighted by Crippen LogP contribution is 2.36. The van der Waals surface area contributed by atoms with Crippen molar-refractivity contribution in [1.82, 2.24) is 4.98 Å². The van der Waals surface area contributed by atoms with Gasteiger partial charge < -0.3 is 9.47 Å². The minimum absolute atomic E-state index is 0.0713. The van der Waals surface area contributed by atoms with Gasteiger partial charge in [-0.05, 0) is 13.0 Å². The predicted molar refractivity (Wildman–Crippen MR) is 59.1 cm³/mol. The van der Waals surface area contributed by atoms with Crippen molar-refractivity contribution in [2.75, 3.05) is 6.61 Å². The van der Waals surface area contributed by atoms with Crippen LogP contribution in [0, 0.1) is 0 Å². The smallest absolute Gasteiger partial charge is 0.466 e. The van der Waals surface area contributed by atoms with Crippen molar-refractivity contribution < 1.29 is 40.6 Å².